The fraction of sp³-hybridized carbons (Fsp3) is 0.333. The predicted molar refractivity (Wildman–Crippen MR) is 73.2 cm³/mol. The fourth-order valence-corrected chi connectivity index (χ4v) is 2.40. The van der Waals surface area contributed by atoms with Crippen molar-refractivity contribution in [3.8, 4) is 5.75 Å². The number of hydrogen-bond donors (Lipinski definition) is 3. The van der Waals surface area contributed by atoms with Crippen LogP contribution in [0.1, 0.15) is 5.56 Å². The molecule has 0 saturated heterocycles. The van der Waals surface area contributed by atoms with Crippen LogP contribution in [0.3, 0.4) is 0 Å². The highest BCUT2D eigenvalue weighted by Gasteiger charge is 2.21. The number of benzene rings is 1. The zero-order chi connectivity index (χ0) is 14.9. The predicted octanol–water partition coefficient (Wildman–Crippen LogP) is 1.88. The number of halogens is 1. The van der Waals surface area contributed by atoms with E-state index in [-0.39, 0.29) is 11.3 Å². The number of likely N-dealkylation sites (N-methyl/N-ethyl adjacent to an activating group) is 1. The molecule has 0 aliphatic rings. The van der Waals surface area contributed by atoms with Gasteiger partial charge < -0.3 is 14.4 Å². The molecule has 0 spiro atoms. The van der Waals surface area contributed by atoms with E-state index in [0.29, 0.717) is 11.8 Å². The summed E-state index contributed by atoms with van der Waals surface area (Å²) in [6.45, 7) is 0.721. The average Bonchev–Trinajstić information content (AvgIpc) is 2.73. The molecule has 0 atom stereocenters. The first-order valence-corrected chi connectivity index (χ1v) is 7.49. The lowest BCUT2D eigenvalue weighted by molar-refractivity contribution is 0.284. The number of fused-ring (bicyclic) bond motifs is 1. The van der Waals surface area contributed by atoms with Crippen LogP contribution in [-0.4, -0.2) is 40.3 Å². The zero-order valence-electron chi connectivity index (χ0n) is 11.1. The number of hydrogen-bond acceptors (Lipinski definition) is 3. The summed E-state index contributed by atoms with van der Waals surface area (Å²) in [4.78, 5) is 22.6. The van der Waals surface area contributed by atoms with E-state index in [1.165, 1.54) is 6.07 Å². The molecule has 2 rings (SSSR count). The summed E-state index contributed by atoms with van der Waals surface area (Å²) in [7, 11) is -0.877. The summed E-state index contributed by atoms with van der Waals surface area (Å²) < 4.78 is 29.4. The normalized spacial score (nSPS) is 12.3. The third kappa shape index (κ3) is 3.37. The summed E-state index contributed by atoms with van der Waals surface area (Å²) in [5.74, 6) is -0.515. The number of H-pyrrole nitrogens is 1. The van der Waals surface area contributed by atoms with E-state index >= 15 is 0 Å². The lowest BCUT2D eigenvalue weighted by Gasteiger charge is -2.11. The molecule has 0 aliphatic heterocycles. The molecule has 2 aromatic rings. The molecule has 0 unspecified atom stereocenters. The lowest BCUT2D eigenvalue weighted by Crippen LogP contribution is -2.14. The van der Waals surface area contributed by atoms with Gasteiger partial charge >= 0.3 is 7.82 Å². The number of nitrogens with one attached hydrogen (secondary N) is 1. The minimum absolute atomic E-state index is 0.0234. The van der Waals surface area contributed by atoms with E-state index in [2.05, 4.69) is 9.51 Å². The van der Waals surface area contributed by atoms with Gasteiger partial charge in [-0.05, 0) is 38.2 Å². The van der Waals surface area contributed by atoms with Crippen molar-refractivity contribution in [2.45, 2.75) is 6.42 Å². The quantitative estimate of drug-likeness (QED) is 0.734. The Morgan fingerprint density at radius 1 is 1.40 bits per heavy atom. The van der Waals surface area contributed by atoms with Crippen molar-refractivity contribution in [3.05, 3.63) is 29.7 Å². The van der Waals surface area contributed by atoms with Crippen molar-refractivity contribution in [3.63, 3.8) is 0 Å². The first-order chi connectivity index (χ1) is 9.28. The molecule has 0 aliphatic carbocycles. The van der Waals surface area contributed by atoms with Crippen molar-refractivity contribution in [1.29, 1.82) is 0 Å². The van der Waals surface area contributed by atoms with Crippen molar-refractivity contribution >= 4 is 18.7 Å². The van der Waals surface area contributed by atoms with Gasteiger partial charge in [0.1, 0.15) is 11.6 Å². The summed E-state index contributed by atoms with van der Waals surface area (Å²) in [6, 6.07) is 2.34. The Hall–Kier alpha value is -1.40. The van der Waals surface area contributed by atoms with Gasteiger partial charge in [0.25, 0.3) is 0 Å². The van der Waals surface area contributed by atoms with Gasteiger partial charge in [-0.3, -0.25) is 9.79 Å². The summed E-state index contributed by atoms with van der Waals surface area (Å²) in [6.07, 6.45) is 2.23. The Morgan fingerprint density at radius 3 is 2.70 bits per heavy atom. The molecule has 0 fully saturated rings. The lowest BCUT2D eigenvalue weighted by atomic mass is 10.1. The van der Waals surface area contributed by atoms with Gasteiger partial charge in [-0.25, -0.2) is 8.96 Å². The molecule has 110 valence electrons. The molecule has 6 nitrogen and oxygen atoms in total. The van der Waals surface area contributed by atoms with Gasteiger partial charge in [-0.15, -0.1) is 0 Å². The van der Waals surface area contributed by atoms with Gasteiger partial charge in [0.05, 0.1) is 5.52 Å². The van der Waals surface area contributed by atoms with Crippen LogP contribution in [0.2, 0.25) is 0 Å². The van der Waals surface area contributed by atoms with Crippen LogP contribution >= 0.6 is 7.82 Å². The van der Waals surface area contributed by atoms with Crippen LogP contribution in [0.15, 0.2) is 18.3 Å². The van der Waals surface area contributed by atoms with Gasteiger partial charge in [-0.1, -0.05) is 0 Å². The van der Waals surface area contributed by atoms with Crippen LogP contribution in [0, 0.1) is 5.82 Å². The maximum absolute atomic E-state index is 13.7. The van der Waals surface area contributed by atoms with E-state index < -0.39 is 13.6 Å². The van der Waals surface area contributed by atoms with E-state index in [1.54, 1.807) is 6.20 Å². The largest absolute Gasteiger partial charge is 0.524 e. The Kier molecular flexibility index (Phi) is 4.15. The van der Waals surface area contributed by atoms with Gasteiger partial charge in [0.15, 0.2) is 0 Å². The van der Waals surface area contributed by atoms with Crippen molar-refractivity contribution in [2.24, 2.45) is 0 Å². The Bertz CT molecular complexity index is 665. The van der Waals surface area contributed by atoms with Crippen LogP contribution < -0.4 is 4.52 Å². The summed E-state index contributed by atoms with van der Waals surface area (Å²) >= 11 is 0. The third-order valence-corrected chi connectivity index (χ3v) is 3.31. The highest BCUT2D eigenvalue weighted by molar-refractivity contribution is 7.46. The van der Waals surface area contributed by atoms with Gasteiger partial charge in [0, 0.05) is 18.1 Å². The molecule has 0 amide bonds. The van der Waals surface area contributed by atoms with Crippen molar-refractivity contribution in [1.82, 2.24) is 9.88 Å². The molecule has 8 heteroatoms. The molecule has 20 heavy (non-hydrogen) atoms. The fourth-order valence-electron chi connectivity index (χ4n) is 1.99. The van der Waals surface area contributed by atoms with Crippen molar-refractivity contribution < 1.29 is 23.3 Å². The number of rotatable bonds is 5. The second kappa shape index (κ2) is 5.54. The van der Waals surface area contributed by atoms with E-state index in [0.717, 1.165) is 18.2 Å². The molecule has 0 bridgehead atoms. The van der Waals surface area contributed by atoms with Gasteiger partial charge in [0.2, 0.25) is 0 Å². The maximum Gasteiger partial charge on any atom is 0.524 e. The Labute approximate surface area is 115 Å². The van der Waals surface area contributed by atoms with Crippen molar-refractivity contribution in [2.75, 3.05) is 20.6 Å². The van der Waals surface area contributed by atoms with E-state index in [4.69, 9.17) is 9.79 Å². The SMILES string of the molecule is CN(C)CCc1c[nH]c2c(F)ccc(OP(=O)(O)O)c12. The van der Waals surface area contributed by atoms with E-state index in [1.807, 2.05) is 19.0 Å². The molecule has 0 radical (unpaired) electrons. The first kappa shape index (κ1) is 15.0. The first-order valence-electron chi connectivity index (χ1n) is 5.96. The number of aromatic amines is 1. The second-order valence-electron chi connectivity index (χ2n) is 4.74. The number of aromatic nitrogens is 1. The van der Waals surface area contributed by atoms with Crippen LogP contribution in [0.25, 0.3) is 10.9 Å². The van der Waals surface area contributed by atoms with Gasteiger partial charge in [-0.2, -0.15) is 0 Å². The average molecular weight is 302 g/mol. The smallest absolute Gasteiger partial charge is 0.404 e. The summed E-state index contributed by atoms with van der Waals surface area (Å²) in [5, 5.41) is 0.371. The molecule has 3 N–H and O–H groups in total. The number of phosphoric acid groups is 1. The number of nitrogens with zero attached hydrogens (tertiary/aromatic N) is 1. The standard InChI is InChI=1S/C12H16FN2O4P/c1-15(2)6-5-8-7-14-12-9(13)3-4-10(11(8)12)19-20(16,17)18/h3-4,7,14H,5-6H2,1-2H3,(H2,16,17,18). The van der Waals surface area contributed by atoms with E-state index in [9.17, 15) is 8.96 Å². The minimum Gasteiger partial charge on any atom is -0.404 e. The molecule has 0 saturated carbocycles. The zero-order valence-corrected chi connectivity index (χ0v) is 12.0. The van der Waals surface area contributed by atoms with Crippen LogP contribution in [0.4, 0.5) is 4.39 Å². The number of phosphoric ester groups is 1. The minimum atomic E-state index is -4.69. The Morgan fingerprint density at radius 2 is 2.10 bits per heavy atom. The molecule has 1 heterocycles. The van der Waals surface area contributed by atoms with Crippen LogP contribution in [0.5, 0.6) is 5.75 Å². The topological polar surface area (TPSA) is 85.8 Å². The molecule has 1 aromatic carbocycles. The molecule has 1 aromatic heterocycles. The summed E-state index contributed by atoms with van der Waals surface area (Å²) in [5.41, 5.74) is 0.932. The van der Waals surface area contributed by atoms with Crippen LogP contribution in [-0.2, 0) is 11.0 Å². The maximum atomic E-state index is 13.7. The molecular weight excluding hydrogens is 286 g/mol. The second-order valence-corrected chi connectivity index (χ2v) is 5.91. The monoisotopic (exact) mass is 302 g/mol. The Balaban J connectivity index is 2.49. The highest BCUT2D eigenvalue weighted by Crippen LogP contribution is 2.42. The molecular formula is C12H16FN2O4P. The highest BCUT2D eigenvalue weighted by atomic mass is 31.2. The third-order valence-electron chi connectivity index (χ3n) is 2.87.